The smallest absolute Gasteiger partial charge is 0.232 e. The second kappa shape index (κ2) is 9.79. The monoisotopic (exact) mass is 474 g/mol. The number of carbonyl (C=O) groups excluding carboxylic acids is 1. The Hall–Kier alpha value is -2.48. The molecule has 1 heterocycles. The molecule has 0 saturated heterocycles. The minimum atomic E-state index is -1.13. The number of aliphatic hydroxyl groups is 1. The molecule has 2 aromatic carbocycles. The number of hydrogen-bond donors (Lipinski definition) is 3. The molecule has 33 heavy (non-hydrogen) atoms. The van der Waals surface area contributed by atoms with Gasteiger partial charge in [0.1, 0.15) is 12.0 Å². The van der Waals surface area contributed by atoms with Crippen LogP contribution in [0.5, 0.6) is 0 Å². The molecule has 0 spiro atoms. The number of hydrogen-bond acceptors (Lipinski definition) is 5. The Bertz CT molecular complexity index is 1060. The van der Waals surface area contributed by atoms with Gasteiger partial charge in [0.05, 0.1) is 18.0 Å². The molecule has 0 fully saturated rings. The van der Waals surface area contributed by atoms with E-state index in [9.17, 15) is 14.3 Å². The summed E-state index contributed by atoms with van der Waals surface area (Å²) in [6.07, 6.45) is -0.910. The molecule has 1 unspecified atom stereocenters. The van der Waals surface area contributed by atoms with Gasteiger partial charge >= 0.3 is 0 Å². The summed E-state index contributed by atoms with van der Waals surface area (Å²) in [7, 11) is 0. The summed E-state index contributed by atoms with van der Waals surface area (Å²) in [5, 5.41) is 14.4. The largest absolute Gasteiger partial charge is 0.374 e. The van der Waals surface area contributed by atoms with E-state index in [4.69, 9.17) is 17.3 Å². The van der Waals surface area contributed by atoms with E-state index in [1.165, 1.54) is 17.0 Å². The third-order valence-corrected chi connectivity index (χ3v) is 6.76. The second-order valence-corrected chi connectivity index (χ2v) is 9.70. The van der Waals surface area contributed by atoms with Crippen molar-refractivity contribution in [2.75, 3.05) is 0 Å². The molecular weight excluding hydrogens is 443 g/mol. The van der Waals surface area contributed by atoms with E-state index < -0.39 is 23.6 Å². The topological polar surface area (TPSA) is 91.0 Å². The molecule has 6 nitrogen and oxygen atoms in total. The first-order chi connectivity index (χ1) is 15.4. The van der Waals surface area contributed by atoms with Gasteiger partial charge in [-0.3, -0.25) is 15.0 Å². The maximum absolute atomic E-state index is 14.5. The summed E-state index contributed by atoms with van der Waals surface area (Å²) < 4.78 is 14.5. The number of amides is 1. The van der Waals surface area contributed by atoms with Crippen molar-refractivity contribution in [3.8, 4) is 0 Å². The predicted molar refractivity (Wildman–Crippen MR) is 129 cm³/mol. The molecule has 0 bridgehead atoms. The van der Waals surface area contributed by atoms with Gasteiger partial charge in [-0.15, -0.1) is 0 Å². The second-order valence-electron chi connectivity index (χ2n) is 9.26. The van der Waals surface area contributed by atoms with Gasteiger partial charge in [0.25, 0.3) is 0 Å². The molecule has 1 aliphatic heterocycles. The summed E-state index contributed by atoms with van der Waals surface area (Å²) >= 11 is 6.06. The molecular formula is C25H32ClFN4O2. The Labute approximate surface area is 199 Å². The third-order valence-electron chi connectivity index (χ3n) is 6.52. The molecule has 2 aromatic rings. The number of aliphatic hydroxyl groups excluding tert-OH is 1. The van der Waals surface area contributed by atoms with Crippen molar-refractivity contribution in [1.82, 2.24) is 10.2 Å². The molecule has 3 rings (SSSR count). The summed E-state index contributed by atoms with van der Waals surface area (Å²) in [4.78, 5) is 19.0. The van der Waals surface area contributed by atoms with Gasteiger partial charge in [0.2, 0.25) is 5.91 Å². The van der Waals surface area contributed by atoms with Gasteiger partial charge in [0, 0.05) is 11.1 Å². The average Bonchev–Trinajstić information content (AvgIpc) is 2.72. The fourth-order valence-electron chi connectivity index (χ4n) is 4.01. The van der Waals surface area contributed by atoms with Crippen LogP contribution in [0.3, 0.4) is 0 Å². The van der Waals surface area contributed by atoms with Crippen LogP contribution < -0.4 is 11.1 Å². The molecule has 8 heteroatoms. The number of nitrogens with two attached hydrogens (primary N) is 1. The van der Waals surface area contributed by atoms with Crippen LogP contribution in [0.1, 0.15) is 76.0 Å². The maximum atomic E-state index is 14.5. The lowest BCUT2D eigenvalue weighted by Crippen LogP contribution is -2.52. The lowest BCUT2D eigenvalue weighted by Gasteiger charge is -2.40. The Kier molecular flexibility index (Phi) is 7.46. The summed E-state index contributed by atoms with van der Waals surface area (Å²) in [6.45, 7) is 9.56. The Morgan fingerprint density at radius 2 is 1.82 bits per heavy atom. The highest BCUT2D eigenvalue weighted by Gasteiger charge is 2.40. The van der Waals surface area contributed by atoms with E-state index in [0.29, 0.717) is 16.1 Å². The van der Waals surface area contributed by atoms with E-state index in [2.05, 4.69) is 10.3 Å². The zero-order chi connectivity index (χ0) is 24.5. The van der Waals surface area contributed by atoms with Crippen molar-refractivity contribution in [2.24, 2.45) is 16.6 Å². The number of nitrogens with one attached hydrogen (secondary N) is 1. The molecule has 1 amide bonds. The van der Waals surface area contributed by atoms with Gasteiger partial charge in [-0.2, -0.15) is 0 Å². The summed E-state index contributed by atoms with van der Waals surface area (Å²) in [5.74, 6) is -0.419. The lowest BCUT2D eigenvalue weighted by atomic mass is 9.84. The van der Waals surface area contributed by atoms with Crippen molar-refractivity contribution in [3.05, 3.63) is 70.0 Å². The van der Waals surface area contributed by atoms with E-state index in [1.54, 1.807) is 25.1 Å². The number of aliphatic imine (C=N–C) groups is 1. The molecule has 4 atom stereocenters. The van der Waals surface area contributed by atoms with Crippen molar-refractivity contribution in [1.29, 1.82) is 0 Å². The minimum absolute atomic E-state index is 0.119. The van der Waals surface area contributed by atoms with Crippen LogP contribution >= 0.6 is 11.6 Å². The molecule has 178 valence electrons. The van der Waals surface area contributed by atoms with Crippen molar-refractivity contribution >= 4 is 23.5 Å². The molecule has 0 aliphatic carbocycles. The average molecular weight is 475 g/mol. The van der Waals surface area contributed by atoms with Crippen LogP contribution in [0.15, 0.2) is 47.5 Å². The molecule has 0 saturated carbocycles. The van der Waals surface area contributed by atoms with Crippen molar-refractivity contribution in [2.45, 2.75) is 64.9 Å². The van der Waals surface area contributed by atoms with Crippen LogP contribution in [-0.2, 0) is 4.79 Å². The molecule has 0 aromatic heterocycles. The standard InChI is InChI=1S/C25H32ClFN4O2/c1-14(2)25(5)13-22(32)31(24(28)30-25)16(4)18-9-19(12-21(27)11-18)23(33)29-15(3)17-7-6-8-20(26)10-17/h6-12,14-16,23,29,33H,13H2,1-5H3,(H2,28,30)/t15-,16+,23?,25-/m0/s1. The van der Waals surface area contributed by atoms with Crippen LogP contribution in [0, 0.1) is 11.7 Å². The van der Waals surface area contributed by atoms with E-state index >= 15 is 0 Å². The molecule has 4 N–H and O–H groups in total. The lowest BCUT2D eigenvalue weighted by molar-refractivity contribution is -0.131. The number of benzene rings is 2. The van der Waals surface area contributed by atoms with E-state index in [0.717, 1.165) is 5.56 Å². The number of nitrogens with zero attached hydrogens (tertiary/aromatic N) is 2. The van der Waals surface area contributed by atoms with E-state index in [1.807, 2.05) is 39.8 Å². The quantitative estimate of drug-likeness (QED) is 0.500. The van der Waals surface area contributed by atoms with Gasteiger partial charge in [-0.1, -0.05) is 37.6 Å². The number of rotatable bonds is 7. The first-order valence-electron chi connectivity index (χ1n) is 11.1. The van der Waals surface area contributed by atoms with Gasteiger partial charge in [0.15, 0.2) is 5.96 Å². The van der Waals surface area contributed by atoms with Crippen molar-refractivity contribution in [3.63, 3.8) is 0 Å². The van der Waals surface area contributed by atoms with Gasteiger partial charge in [-0.25, -0.2) is 9.38 Å². The fourth-order valence-corrected chi connectivity index (χ4v) is 4.21. The zero-order valence-corrected chi connectivity index (χ0v) is 20.4. The Morgan fingerprint density at radius 3 is 2.42 bits per heavy atom. The minimum Gasteiger partial charge on any atom is -0.374 e. The van der Waals surface area contributed by atoms with Crippen LogP contribution in [0.25, 0.3) is 0 Å². The Balaban J connectivity index is 1.84. The summed E-state index contributed by atoms with van der Waals surface area (Å²) in [5.41, 5.74) is 7.37. The highest BCUT2D eigenvalue weighted by Crippen LogP contribution is 2.34. The van der Waals surface area contributed by atoms with E-state index in [-0.39, 0.29) is 30.2 Å². The van der Waals surface area contributed by atoms with Gasteiger partial charge in [-0.05, 0) is 73.7 Å². The number of guanidine groups is 1. The molecule has 1 aliphatic rings. The maximum Gasteiger partial charge on any atom is 0.232 e. The fraction of sp³-hybridized carbons (Fsp3) is 0.440. The van der Waals surface area contributed by atoms with Crippen molar-refractivity contribution < 1.29 is 14.3 Å². The number of halogens is 2. The first-order valence-corrected chi connectivity index (χ1v) is 11.5. The zero-order valence-electron chi connectivity index (χ0n) is 19.6. The SMILES string of the molecule is CC(C)[C@]1(C)CC(=O)N([C@H](C)c2cc(F)cc(C(O)N[C@@H](C)c3cccc(Cl)c3)c2)C(N)=N1. The van der Waals surface area contributed by atoms with Gasteiger partial charge < -0.3 is 10.8 Å². The molecule has 0 radical (unpaired) electrons. The van der Waals surface area contributed by atoms with Crippen LogP contribution in [-0.4, -0.2) is 27.4 Å². The summed E-state index contributed by atoms with van der Waals surface area (Å²) in [6, 6.07) is 10.8. The normalized spacial score (nSPS) is 21.7. The number of carbonyl (C=O) groups is 1. The third kappa shape index (κ3) is 5.54. The highest BCUT2D eigenvalue weighted by molar-refractivity contribution is 6.30. The predicted octanol–water partition coefficient (Wildman–Crippen LogP) is 4.84. The first kappa shape index (κ1) is 25.1. The highest BCUT2D eigenvalue weighted by atomic mass is 35.5. The Morgan fingerprint density at radius 1 is 1.15 bits per heavy atom. The van der Waals surface area contributed by atoms with Crippen LogP contribution in [0.4, 0.5) is 4.39 Å². The van der Waals surface area contributed by atoms with Crippen LogP contribution in [0.2, 0.25) is 5.02 Å².